The second kappa shape index (κ2) is 7.00. The maximum atomic E-state index is 12.8. The lowest BCUT2D eigenvalue weighted by Crippen LogP contribution is -2.51. The van der Waals surface area contributed by atoms with Crippen molar-refractivity contribution in [3.8, 4) is 0 Å². The van der Waals surface area contributed by atoms with E-state index in [0.717, 1.165) is 0 Å². The molecule has 1 aliphatic rings. The fourth-order valence-corrected chi connectivity index (χ4v) is 4.62. The Morgan fingerprint density at radius 2 is 1.92 bits per heavy atom. The predicted octanol–water partition coefficient (Wildman–Crippen LogP) is -0.619. The average Bonchev–Trinajstić information content (AvgIpc) is 2.96. The SMILES string of the molecule is Cc1noc(C)c1S(=O)(=O)N1CCN(C(=O)Cn2cccnc2=O)CC1. The quantitative estimate of drug-likeness (QED) is 0.692. The minimum atomic E-state index is -3.72. The molecule has 11 heteroatoms. The van der Waals surface area contributed by atoms with Gasteiger partial charge in [0.05, 0.1) is 0 Å². The highest BCUT2D eigenvalue weighted by Gasteiger charge is 2.34. The molecule has 2 aromatic heterocycles. The van der Waals surface area contributed by atoms with Crippen LogP contribution in [0, 0.1) is 13.8 Å². The Labute approximate surface area is 150 Å². The number of aromatic nitrogens is 3. The molecule has 140 valence electrons. The van der Waals surface area contributed by atoms with Crippen LogP contribution < -0.4 is 5.69 Å². The number of amides is 1. The van der Waals surface area contributed by atoms with Gasteiger partial charge in [-0.05, 0) is 19.9 Å². The molecule has 1 fully saturated rings. The van der Waals surface area contributed by atoms with Gasteiger partial charge in [-0.2, -0.15) is 4.31 Å². The van der Waals surface area contributed by atoms with E-state index in [1.165, 1.54) is 21.3 Å². The third-order valence-electron chi connectivity index (χ3n) is 4.25. The van der Waals surface area contributed by atoms with E-state index < -0.39 is 15.7 Å². The number of rotatable bonds is 4. The molecule has 2 aromatic rings. The Hall–Kier alpha value is -2.53. The number of hydrogen-bond donors (Lipinski definition) is 0. The Morgan fingerprint density at radius 3 is 2.50 bits per heavy atom. The molecule has 0 unspecified atom stereocenters. The van der Waals surface area contributed by atoms with Crippen LogP contribution >= 0.6 is 0 Å². The summed E-state index contributed by atoms with van der Waals surface area (Å²) in [6, 6.07) is 1.57. The van der Waals surface area contributed by atoms with Crippen molar-refractivity contribution in [2.75, 3.05) is 26.2 Å². The number of piperazine rings is 1. The molecule has 1 saturated heterocycles. The number of hydrogen-bond acceptors (Lipinski definition) is 7. The number of carbonyl (C=O) groups excluding carboxylic acids is 1. The Balaban J connectivity index is 1.67. The van der Waals surface area contributed by atoms with Gasteiger partial charge >= 0.3 is 5.69 Å². The molecule has 3 rings (SSSR count). The van der Waals surface area contributed by atoms with Gasteiger partial charge in [-0.15, -0.1) is 0 Å². The van der Waals surface area contributed by atoms with Crippen molar-refractivity contribution in [1.29, 1.82) is 0 Å². The molecule has 0 bridgehead atoms. The van der Waals surface area contributed by atoms with Crippen LogP contribution in [0.4, 0.5) is 0 Å². The number of carbonyl (C=O) groups is 1. The lowest BCUT2D eigenvalue weighted by Gasteiger charge is -2.34. The fourth-order valence-electron chi connectivity index (χ4n) is 2.90. The Kier molecular flexibility index (Phi) is 4.92. The third-order valence-corrected chi connectivity index (χ3v) is 6.39. The van der Waals surface area contributed by atoms with Crippen LogP contribution in [0.5, 0.6) is 0 Å². The molecule has 0 aliphatic carbocycles. The molecule has 0 atom stereocenters. The molecule has 0 aromatic carbocycles. The molecular weight excluding hydrogens is 362 g/mol. The highest BCUT2D eigenvalue weighted by atomic mass is 32.2. The number of sulfonamides is 1. The van der Waals surface area contributed by atoms with Gasteiger partial charge in [-0.3, -0.25) is 9.36 Å². The molecule has 0 N–H and O–H groups in total. The van der Waals surface area contributed by atoms with Crippen LogP contribution in [0.15, 0.2) is 32.7 Å². The largest absolute Gasteiger partial charge is 0.360 e. The standard InChI is InChI=1S/C15H19N5O5S/c1-11-14(12(2)25-17-11)26(23,24)20-8-6-18(7-9-20)13(21)10-19-5-3-4-16-15(19)22/h3-5H,6-10H2,1-2H3. The maximum absolute atomic E-state index is 12.8. The van der Waals surface area contributed by atoms with Crippen LogP contribution in [0.1, 0.15) is 11.5 Å². The van der Waals surface area contributed by atoms with Crippen LogP contribution in [-0.4, -0.2) is 64.4 Å². The first-order valence-electron chi connectivity index (χ1n) is 8.03. The minimum Gasteiger partial charge on any atom is -0.360 e. The average molecular weight is 381 g/mol. The van der Waals surface area contributed by atoms with E-state index >= 15 is 0 Å². The summed E-state index contributed by atoms with van der Waals surface area (Å²) < 4.78 is 33.0. The normalized spacial score (nSPS) is 16.0. The first kappa shape index (κ1) is 18.3. The summed E-state index contributed by atoms with van der Waals surface area (Å²) in [5.41, 5.74) is -0.183. The van der Waals surface area contributed by atoms with E-state index in [2.05, 4.69) is 10.1 Å². The van der Waals surface area contributed by atoms with Gasteiger partial charge in [-0.25, -0.2) is 18.2 Å². The van der Waals surface area contributed by atoms with Gasteiger partial charge in [0.1, 0.15) is 17.1 Å². The van der Waals surface area contributed by atoms with E-state index in [1.807, 2.05) is 0 Å². The second-order valence-electron chi connectivity index (χ2n) is 5.97. The van der Waals surface area contributed by atoms with Crippen molar-refractivity contribution < 1.29 is 17.7 Å². The van der Waals surface area contributed by atoms with Gasteiger partial charge in [-0.1, -0.05) is 5.16 Å². The monoisotopic (exact) mass is 381 g/mol. The zero-order valence-corrected chi connectivity index (χ0v) is 15.3. The molecule has 3 heterocycles. The first-order chi connectivity index (χ1) is 12.3. The molecule has 0 radical (unpaired) electrons. The summed E-state index contributed by atoms with van der Waals surface area (Å²) >= 11 is 0. The summed E-state index contributed by atoms with van der Waals surface area (Å²) in [5, 5.41) is 3.69. The van der Waals surface area contributed by atoms with Crippen molar-refractivity contribution in [3.05, 3.63) is 40.4 Å². The zero-order valence-electron chi connectivity index (χ0n) is 14.5. The van der Waals surface area contributed by atoms with E-state index in [4.69, 9.17) is 4.52 Å². The van der Waals surface area contributed by atoms with E-state index in [0.29, 0.717) is 5.69 Å². The van der Waals surface area contributed by atoms with Crippen LogP contribution in [0.25, 0.3) is 0 Å². The van der Waals surface area contributed by atoms with Crippen LogP contribution in [0.3, 0.4) is 0 Å². The van der Waals surface area contributed by atoms with Crippen molar-refractivity contribution in [2.24, 2.45) is 0 Å². The molecular formula is C15H19N5O5S. The number of nitrogens with zero attached hydrogens (tertiary/aromatic N) is 5. The molecule has 26 heavy (non-hydrogen) atoms. The maximum Gasteiger partial charge on any atom is 0.347 e. The Morgan fingerprint density at radius 1 is 1.23 bits per heavy atom. The van der Waals surface area contributed by atoms with Gasteiger partial charge < -0.3 is 9.42 Å². The Bertz CT molecular complexity index is 953. The van der Waals surface area contributed by atoms with E-state index in [-0.39, 0.29) is 49.3 Å². The van der Waals surface area contributed by atoms with Crippen molar-refractivity contribution in [1.82, 2.24) is 23.9 Å². The lowest BCUT2D eigenvalue weighted by molar-refractivity contribution is -0.133. The molecule has 1 aliphatic heterocycles. The predicted molar refractivity (Wildman–Crippen MR) is 89.8 cm³/mol. The molecule has 1 amide bonds. The van der Waals surface area contributed by atoms with E-state index in [1.54, 1.807) is 24.8 Å². The zero-order chi connectivity index (χ0) is 18.9. The van der Waals surface area contributed by atoms with Gasteiger partial charge in [0.25, 0.3) is 0 Å². The summed E-state index contributed by atoms with van der Waals surface area (Å²) in [6.07, 6.45) is 2.85. The third kappa shape index (κ3) is 3.40. The van der Waals surface area contributed by atoms with Gasteiger partial charge in [0, 0.05) is 38.6 Å². The van der Waals surface area contributed by atoms with Crippen LogP contribution in [-0.2, 0) is 21.4 Å². The topological polar surface area (TPSA) is 119 Å². The molecule has 10 nitrogen and oxygen atoms in total. The summed E-state index contributed by atoms with van der Waals surface area (Å²) in [6.45, 7) is 3.84. The van der Waals surface area contributed by atoms with Crippen LogP contribution in [0.2, 0.25) is 0 Å². The lowest BCUT2D eigenvalue weighted by atomic mass is 10.3. The summed E-state index contributed by atoms with van der Waals surface area (Å²) in [5.74, 6) is -0.00792. The summed E-state index contributed by atoms with van der Waals surface area (Å²) in [7, 11) is -3.72. The highest BCUT2D eigenvalue weighted by molar-refractivity contribution is 7.89. The first-order valence-corrected chi connectivity index (χ1v) is 9.47. The smallest absolute Gasteiger partial charge is 0.347 e. The van der Waals surface area contributed by atoms with Gasteiger partial charge in [0.15, 0.2) is 5.76 Å². The van der Waals surface area contributed by atoms with Crippen molar-refractivity contribution in [3.63, 3.8) is 0 Å². The molecule has 0 saturated carbocycles. The van der Waals surface area contributed by atoms with Crippen molar-refractivity contribution >= 4 is 15.9 Å². The van der Waals surface area contributed by atoms with Gasteiger partial charge in [0.2, 0.25) is 15.9 Å². The van der Waals surface area contributed by atoms with Crippen molar-refractivity contribution in [2.45, 2.75) is 25.3 Å². The minimum absolute atomic E-state index is 0.0826. The fraction of sp³-hybridized carbons (Fsp3) is 0.467. The number of aryl methyl sites for hydroxylation is 2. The molecule has 0 spiro atoms. The summed E-state index contributed by atoms with van der Waals surface area (Å²) in [4.78, 5) is 29.2. The van der Waals surface area contributed by atoms with E-state index in [9.17, 15) is 18.0 Å². The second-order valence-corrected chi connectivity index (χ2v) is 7.84. The highest BCUT2D eigenvalue weighted by Crippen LogP contribution is 2.24.